The Balaban J connectivity index is 3.00. The van der Waals surface area contributed by atoms with Crippen molar-refractivity contribution in [3.63, 3.8) is 0 Å². The van der Waals surface area contributed by atoms with Crippen molar-refractivity contribution in [3.8, 4) is 11.8 Å². The summed E-state index contributed by atoms with van der Waals surface area (Å²) in [4.78, 5) is 0. The predicted molar refractivity (Wildman–Crippen MR) is 55.2 cm³/mol. The number of rotatable bonds is 3. The van der Waals surface area contributed by atoms with Crippen molar-refractivity contribution >= 4 is 11.6 Å². The summed E-state index contributed by atoms with van der Waals surface area (Å²) in [5, 5.41) is 9.07. The first-order valence-corrected chi connectivity index (χ1v) is 4.52. The summed E-state index contributed by atoms with van der Waals surface area (Å²) in [5.74, 6) is 0.692. The van der Waals surface area contributed by atoms with Crippen LogP contribution >= 0.6 is 11.6 Å². The van der Waals surface area contributed by atoms with E-state index in [-0.39, 0.29) is 12.5 Å². The third kappa shape index (κ3) is 2.38. The molecule has 0 radical (unpaired) electrons. The lowest BCUT2D eigenvalue weighted by molar-refractivity contribution is 0.414. The van der Waals surface area contributed by atoms with Gasteiger partial charge >= 0.3 is 0 Å². The number of hydrogen-bond donors (Lipinski definition) is 1. The largest absolute Gasteiger partial charge is 0.497 e. The molecule has 2 N–H and O–H groups in total. The standard InChI is InChI=1S/C10H11ClN2O/c1-14-7-2-3-9(11)8(6-7)10(13)4-5-12/h2-3,6,10H,4,13H2,1H3. The second kappa shape index (κ2) is 4.85. The summed E-state index contributed by atoms with van der Waals surface area (Å²) in [6, 6.07) is 6.87. The van der Waals surface area contributed by atoms with E-state index in [9.17, 15) is 0 Å². The van der Waals surface area contributed by atoms with Crippen LogP contribution in [0.3, 0.4) is 0 Å². The summed E-state index contributed by atoms with van der Waals surface area (Å²) in [7, 11) is 1.57. The van der Waals surface area contributed by atoms with E-state index in [1.54, 1.807) is 25.3 Å². The van der Waals surface area contributed by atoms with Crippen molar-refractivity contribution in [1.82, 2.24) is 0 Å². The topological polar surface area (TPSA) is 59.0 Å². The number of hydrogen-bond acceptors (Lipinski definition) is 3. The molecule has 4 heteroatoms. The van der Waals surface area contributed by atoms with Gasteiger partial charge in [-0.3, -0.25) is 0 Å². The highest BCUT2D eigenvalue weighted by Crippen LogP contribution is 2.27. The van der Waals surface area contributed by atoms with Crippen LogP contribution in [-0.4, -0.2) is 7.11 Å². The quantitative estimate of drug-likeness (QED) is 0.833. The van der Waals surface area contributed by atoms with Crippen molar-refractivity contribution in [2.45, 2.75) is 12.5 Å². The van der Waals surface area contributed by atoms with Gasteiger partial charge < -0.3 is 10.5 Å². The molecule has 0 spiro atoms. The normalized spacial score (nSPS) is 11.9. The van der Waals surface area contributed by atoms with Gasteiger partial charge in [-0.2, -0.15) is 5.26 Å². The summed E-state index contributed by atoms with van der Waals surface area (Å²) < 4.78 is 5.04. The van der Waals surface area contributed by atoms with Crippen molar-refractivity contribution in [3.05, 3.63) is 28.8 Å². The number of ether oxygens (including phenoxy) is 1. The van der Waals surface area contributed by atoms with Crippen LogP contribution in [0.2, 0.25) is 5.02 Å². The van der Waals surface area contributed by atoms with Crippen molar-refractivity contribution < 1.29 is 4.74 Å². The Bertz CT molecular complexity index is 360. The molecule has 3 nitrogen and oxygen atoms in total. The van der Waals surface area contributed by atoms with Gasteiger partial charge in [-0.05, 0) is 23.8 Å². The molecule has 0 aliphatic carbocycles. The average Bonchev–Trinajstić information content (AvgIpc) is 2.19. The molecule has 14 heavy (non-hydrogen) atoms. The fourth-order valence-corrected chi connectivity index (χ4v) is 1.40. The number of halogens is 1. The van der Waals surface area contributed by atoms with Crippen molar-refractivity contribution in [2.75, 3.05) is 7.11 Å². The zero-order valence-electron chi connectivity index (χ0n) is 7.83. The van der Waals surface area contributed by atoms with Gasteiger partial charge in [0.15, 0.2) is 0 Å². The highest BCUT2D eigenvalue weighted by molar-refractivity contribution is 6.31. The molecule has 0 heterocycles. The Morgan fingerprint density at radius 3 is 2.93 bits per heavy atom. The molecule has 0 saturated heterocycles. The van der Waals surface area contributed by atoms with E-state index in [4.69, 9.17) is 27.3 Å². The van der Waals surface area contributed by atoms with Crippen molar-refractivity contribution in [2.24, 2.45) is 5.73 Å². The van der Waals surface area contributed by atoms with Gasteiger partial charge in [0.1, 0.15) is 5.75 Å². The second-order valence-electron chi connectivity index (χ2n) is 2.86. The molecule has 0 aromatic heterocycles. The highest BCUT2D eigenvalue weighted by atomic mass is 35.5. The molecule has 1 unspecified atom stereocenters. The maximum absolute atomic E-state index is 8.51. The van der Waals surface area contributed by atoms with Gasteiger partial charge in [0, 0.05) is 11.1 Å². The molecule has 1 atom stereocenters. The first kappa shape index (κ1) is 10.8. The predicted octanol–water partition coefficient (Wildman–Crippen LogP) is 2.26. The summed E-state index contributed by atoms with van der Waals surface area (Å²) in [6.45, 7) is 0. The molecule has 74 valence electrons. The monoisotopic (exact) mass is 210 g/mol. The molecular weight excluding hydrogens is 200 g/mol. The molecule has 0 aliphatic rings. The van der Waals surface area contributed by atoms with Crippen molar-refractivity contribution in [1.29, 1.82) is 5.26 Å². The number of nitriles is 1. The summed E-state index contributed by atoms with van der Waals surface area (Å²) >= 11 is 5.94. The van der Waals surface area contributed by atoms with Crippen LogP contribution in [0.15, 0.2) is 18.2 Å². The van der Waals surface area contributed by atoms with Gasteiger partial charge in [0.25, 0.3) is 0 Å². The molecule has 0 fully saturated rings. The van der Waals surface area contributed by atoms with Crippen LogP contribution in [0.5, 0.6) is 5.75 Å². The lowest BCUT2D eigenvalue weighted by Gasteiger charge is -2.11. The van der Waals surface area contributed by atoms with Crippen LogP contribution in [0.4, 0.5) is 0 Å². The van der Waals surface area contributed by atoms with Crippen LogP contribution in [0.25, 0.3) is 0 Å². The first-order chi connectivity index (χ1) is 6.69. The molecule has 1 aromatic rings. The van der Waals surface area contributed by atoms with E-state index in [2.05, 4.69) is 0 Å². The Hall–Kier alpha value is -1.24. The minimum atomic E-state index is -0.359. The molecular formula is C10H11ClN2O. The third-order valence-electron chi connectivity index (χ3n) is 1.91. The van der Waals surface area contributed by atoms with Crippen LogP contribution in [0.1, 0.15) is 18.0 Å². The number of benzene rings is 1. The number of nitrogens with two attached hydrogens (primary N) is 1. The minimum absolute atomic E-state index is 0.243. The summed E-state index contributed by atoms with van der Waals surface area (Å²) in [5.41, 5.74) is 6.51. The average molecular weight is 211 g/mol. The second-order valence-corrected chi connectivity index (χ2v) is 3.26. The van der Waals surface area contributed by atoms with E-state index < -0.39 is 0 Å². The first-order valence-electron chi connectivity index (χ1n) is 4.15. The fourth-order valence-electron chi connectivity index (χ4n) is 1.14. The maximum atomic E-state index is 8.51. The van der Waals surface area contributed by atoms with E-state index >= 15 is 0 Å². The van der Waals surface area contributed by atoms with Crippen LogP contribution in [-0.2, 0) is 0 Å². The minimum Gasteiger partial charge on any atom is -0.497 e. The Morgan fingerprint density at radius 1 is 1.64 bits per heavy atom. The molecule has 0 bridgehead atoms. The van der Waals surface area contributed by atoms with Gasteiger partial charge in [-0.1, -0.05) is 11.6 Å². The van der Waals surface area contributed by atoms with Gasteiger partial charge in [0.05, 0.1) is 19.6 Å². The number of methoxy groups -OCH3 is 1. The zero-order valence-corrected chi connectivity index (χ0v) is 8.58. The van der Waals surface area contributed by atoms with E-state index in [1.807, 2.05) is 6.07 Å². The van der Waals surface area contributed by atoms with E-state index in [0.29, 0.717) is 10.8 Å². The Labute approximate surface area is 88.0 Å². The smallest absolute Gasteiger partial charge is 0.119 e. The molecule has 0 amide bonds. The Morgan fingerprint density at radius 2 is 2.36 bits per heavy atom. The van der Waals surface area contributed by atoms with Crippen LogP contribution in [0, 0.1) is 11.3 Å². The fraction of sp³-hybridized carbons (Fsp3) is 0.300. The van der Waals surface area contributed by atoms with E-state index in [1.165, 1.54) is 0 Å². The lowest BCUT2D eigenvalue weighted by Crippen LogP contribution is -2.09. The maximum Gasteiger partial charge on any atom is 0.119 e. The Kier molecular flexibility index (Phi) is 3.75. The van der Waals surface area contributed by atoms with E-state index in [0.717, 1.165) is 5.56 Å². The highest BCUT2D eigenvalue weighted by Gasteiger charge is 2.10. The lowest BCUT2D eigenvalue weighted by atomic mass is 10.1. The van der Waals surface area contributed by atoms with Gasteiger partial charge in [0.2, 0.25) is 0 Å². The molecule has 0 aliphatic heterocycles. The zero-order chi connectivity index (χ0) is 10.6. The molecule has 0 saturated carbocycles. The van der Waals surface area contributed by atoms with Gasteiger partial charge in [-0.15, -0.1) is 0 Å². The van der Waals surface area contributed by atoms with Crippen LogP contribution < -0.4 is 10.5 Å². The van der Waals surface area contributed by atoms with Gasteiger partial charge in [-0.25, -0.2) is 0 Å². The SMILES string of the molecule is COc1ccc(Cl)c(C(N)CC#N)c1. The molecule has 1 rings (SSSR count). The summed E-state index contributed by atoms with van der Waals surface area (Å²) in [6.07, 6.45) is 0.243. The molecule has 1 aromatic carbocycles. The number of nitrogens with zero attached hydrogens (tertiary/aromatic N) is 1. The third-order valence-corrected chi connectivity index (χ3v) is 2.26.